The number of hydrogen-bond donors (Lipinski definition) is 1. The molecule has 0 spiro atoms. The second-order valence-electron chi connectivity index (χ2n) is 9.97. The predicted octanol–water partition coefficient (Wildman–Crippen LogP) is 8.72. The van der Waals surface area contributed by atoms with Crippen LogP contribution in [-0.2, 0) is 6.54 Å². The van der Waals surface area contributed by atoms with Crippen LogP contribution in [0.5, 0.6) is 5.75 Å². The van der Waals surface area contributed by atoms with Crippen LogP contribution >= 0.6 is 11.3 Å². The summed E-state index contributed by atoms with van der Waals surface area (Å²) in [5.74, 6) is 0.700. The highest BCUT2D eigenvalue weighted by Gasteiger charge is 2.12. The number of benzene rings is 2. The van der Waals surface area contributed by atoms with Crippen molar-refractivity contribution in [1.29, 1.82) is 0 Å². The van der Waals surface area contributed by atoms with Crippen LogP contribution < -0.4 is 14.6 Å². The number of hydrogen-bond acceptors (Lipinski definition) is 3. The minimum atomic E-state index is -0.105. The third-order valence-electron chi connectivity index (χ3n) is 6.78. The molecule has 0 saturated heterocycles. The second kappa shape index (κ2) is 17.0. The summed E-state index contributed by atoms with van der Waals surface area (Å²) in [7, 11) is 0. The van der Waals surface area contributed by atoms with Gasteiger partial charge in [-0.3, -0.25) is 4.79 Å². The van der Waals surface area contributed by atoms with Crippen LogP contribution in [0.2, 0.25) is 0 Å². The molecule has 0 bridgehead atoms. The lowest BCUT2D eigenvalue weighted by Crippen LogP contribution is -2.34. The average molecular weight is 522 g/mol. The molecule has 37 heavy (non-hydrogen) atoms. The molecule has 0 unspecified atom stereocenters. The Kier molecular flexibility index (Phi) is 13.3. The summed E-state index contributed by atoms with van der Waals surface area (Å²) in [6.07, 6.45) is 18.1. The van der Waals surface area contributed by atoms with E-state index in [2.05, 4.69) is 41.4 Å². The fourth-order valence-corrected chi connectivity index (χ4v) is 5.21. The van der Waals surface area contributed by atoms with Crippen LogP contribution in [0.25, 0.3) is 0 Å². The first kappa shape index (κ1) is 28.9. The topological polar surface area (TPSA) is 42.2 Å². The zero-order chi connectivity index (χ0) is 26.1. The zero-order valence-electron chi connectivity index (χ0n) is 22.8. The van der Waals surface area contributed by atoms with Crippen LogP contribution in [0.4, 0.5) is 5.69 Å². The Morgan fingerprint density at radius 1 is 0.865 bits per heavy atom. The molecule has 0 aliphatic rings. The van der Waals surface area contributed by atoms with Gasteiger partial charge in [0.05, 0.1) is 12.0 Å². The van der Waals surface area contributed by atoms with Gasteiger partial charge in [0.15, 0.2) is 12.7 Å². The van der Waals surface area contributed by atoms with Crippen molar-refractivity contribution in [3.8, 4) is 5.75 Å². The third-order valence-corrected chi connectivity index (χ3v) is 7.62. The monoisotopic (exact) mass is 521 g/mol. The lowest BCUT2D eigenvalue weighted by molar-refractivity contribution is -0.689. The van der Waals surface area contributed by atoms with E-state index in [1.54, 1.807) is 11.3 Å². The summed E-state index contributed by atoms with van der Waals surface area (Å²) >= 11 is 1.72. The van der Waals surface area contributed by atoms with Crippen molar-refractivity contribution in [2.75, 3.05) is 11.9 Å². The maximum absolute atomic E-state index is 12.9. The zero-order valence-corrected chi connectivity index (χ0v) is 23.7. The quantitative estimate of drug-likeness (QED) is 0.134. The fourth-order valence-electron chi connectivity index (χ4n) is 4.55. The lowest BCUT2D eigenvalue weighted by Gasteiger charge is -2.10. The van der Waals surface area contributed by atoms with Gasteiger partial charge in [-0.2, -0.15) is 4.57 Å². The van der Waals surface area contributed by atoms with Crippen molar-refractivity contribution in [2.45, 2.75) is 97.4 Å². The van der Waals surface area contributed by atoms with Crippen LogP contribution in [0.3, 0.4) is 0 Å². The highest BCUT2D eigenvalue weighted by atomic mass is 32.1. The molecule has 5 heteroatoms. The molecular formula is C32H45N2O2S+. The van der Waals surface area contributed by atoms with Gasteiger partial charge in [0, 0.05) is 29.8 Å². The first-order valence-corrected chi connectivity index (χ1v) is 15.1. The molecule has 0 atom stereocenters. The predicted molar refractivity (Wildman–Crippen MR) is 156 cm³/mol. The van der Waals surface area contributed by atoms with E-state index in [1.165, 1.54) is 75.6 Å². The minimum Gasteiger partial charge on any atom is -0.494 e. The second-order valence-corrected chi connectivity index (χ2v) is 11.1. The van der Waals surface area contributed by atoms with Gasteiger partial charge in [0.1, 0.15) is 5.75 Å². The summed E-state index contributed by atoms with van der Waals surface area (Å²) in [5, 5.41) is 6.35. The van der Waals surface area contributed by atoms with E-state index in [-0.39, 0.29) is 5.91 Å². The first-order valence-electron chi connectivity index (χ1n) is 14.2. The summed E-state index contributed by atoms with van der Waals surface area (Å²) in [5.41, 5.74) is 2.53. The number of unbranched alkanes of at least 4 members (excludes halogenated alkanes) is 11. The summed E-state index contributed by atoms with van der Waals surface area (Å²) < 4.78 is 8.16. The molecule has 1 heterocycles. The molecule has 0 aliphatic carbocycles. The highest BCUT2D eigenvalue weighted by molar-refractivity contribution is 7.09. The maximum atomic E-state index is 12.9. The molecule has 0 saturated carbocycles. The van der Waals surface area contributed by atoms with E-state index in [9.17, 15) is 4.79 Å². The number of amides is 1. The molecule has 1 N–H and O–H groups in total. The number of rotatable bonds is 18. The number of thiazole rings is 1. The van der Waals surface area contributed by atoms with Crippen molar-refractivity contribution in [1.82, 2.24) is 0 Å². The van der Waals surface area contributed by atoms with Gasteiger partial charge in [-0.25, -0.2) is 0 Å². The number of anilines is 1. The SMILES string of the molecule is CCCCCCCCCCCCCCOc1cccc(NC(=O)c2cccc(C[n+]3ccsc3C)c2)c1. The highest BCUT2D eigenvalue weighted by Crippen LogP contribution is 2.19. The normalized spacial score (nSPS) is 11.0. The fraction of sp³-hybridized carbons (Fsp3) is 0.500. The van der Waals surface area contributed by atoms with Crippen LogP contribution in [-0.4, -0.2) is 12.5 Å². The lowest BCUT2D eigenvalue weighted by atomic mass is 10.1. The molecule has 1 aromatic heterocycles. The standard InChI is InChI=1S/C32H44N2O2S/c1-3-4-5-6-7-8-9-10-11-12-13-14-22-36-31-20-16-19-30(25-31)33-32(35)29-18-15-17-28(24-29)26-34-21-23-37-27(34)2/h15-21,23-25H,3-14,22,26H2,1-2H3/p+1. The Morgan fingerprint density at radius 3 is 2.22 bits per heavy atom. The van der Waals surface area contributed by atoms with E-state index in [1.807, 2.05) is 42.5 Å². The molecule has 3 aromatic rings. The number of carbonyl (C=O) groups excluding carboxylic acids is 1. The molecule has 0 aliphatic heterocycles. The molecule has 2 aromatic carbocycles. The number of nitrogens with zero attached hydrogens (tertiary/aromatic N) is 1. The van der Waals surface area contributed by atoms with Gasteiger partial charge in [-0.05, 0) is 30.7 Å². The maximum Gasteiger partial charge on any atom is 0.255 e. The van der Waals surface area contributed by atoms with E-state index in [4.69, 9.17) is 4.74 Å². The first-order chi connectivity index (χ1) is 18.2. The largest absolute Gasteiger partial charge is 0.494 e. The summed E-state index contributed by atoms with van der Waals surface area (Å²) in [6.45, 7) is 5.86. The molecular weight excluding hydrogens is 476 g/mol. The summed E-state index contributed by atoms with van der Waals surface area (Å²) in [4.78, 5) is 12.9. The van der Waals surface area contributed by atoms with Crippen molar-refractivity contribution in [2.24, 2.45) is 0 Å². The van der Waals surface area contributed by atoms with Crippen molar-refractivity contribution >= 4 is 22.9 Å². The minimum absolute atomic E-state index is 0.105. The van der Waals surface area contributed by atoms with E-state index in [0.717, 1.165) is 36.6 Å². The van der Waals surface area contributed by atoms with E-state index in [0.29, 0.717) is 5.56 Å². The molecule has 4 nitrogen and oxygen atoms in total. The van der Waals surface area contributed by atoms with E-state index >= 15 is 0 Å². The van der Waals surface area contributed by atoms with Gasteiger partial charge in [0.2, 0.25) is 5.01 Å². The Morgan fingerprint density at radius 2 is 1.54 bits per heavy atom. The van der Waals surface area contributed by atoms with Gasteiger partial charge in [-0.1, -0.05) is 107 Å². The van der Waals surface area contributed by atoms with Crippen LogP contribution in [0.15, 0.2) is 60.1 Å². The molecule has 3 rings (SSSR count). The average Bonchev–Trinajstić information content (AvgIpc) is 3.31. The Bertz CT molecular complexity index is 1060. The number of nitrogens with one attached hydrogen (secondary N) is 1. The molecule has 200 valence electrons. The number of carbonyl (C=O) groups is 1. The van der Waals surface area contributed by atoms with Crippen molar-refractivity contribution in [3.63, 3.8) is 0 Å². The van der Waals surface area contributed by atoms with Gasteiger partial charge < -0.3 is 10.1 Å². The molecule has 0 fully saturated rings. The van der Waals surface area contributed by atoms with Crippen molar-refractivity contribution in [3.05, 3.63) is 76.2 Å². The smallest absolute Gasteiger partial charge is 0.255 e. The van der Waals surface area contributed by atoms with Gasteiger partial charge in [-0.15, -0.1) is 0 Å². The Labute approximate surface area is 228 Å². The third kappa shape index (κ3) is 11.1. The number of aryl methyl sites for hydroxylation is 1. The Balaban J connectivity index is 1.32. The summed E-state index contributed by atoms with van der Waals surface area (Å²) in [6, 6.07) is 15.5. The molecule has 0 radical (unpaired) electrons. The van der Waals surface area contributed by atoms with Crippen molar-refractivity contribution < 1.29 is 14.1 Å². The van der Waals surface area contributed by atoms with E-state index < -0.39 is 0 Å². The van der Waals surface area contributed by atoms with Gasteiger partial charge >= 0.3 is 0 Å². The molecule has 1 amide bonds. The number of ether oxygens (including phenoxy) is 1. The Hall–Kier alpha value is -2.66. The number of aromatic nitrogens is 1. The van der Waals surface area contributed by atoms with Gasteiger partial charge in [0.25, 0.3) is 5.91 Å². The van der Waals surface area contributed by atoms with Crippen LogP contribution in [0, 0.1) is 6.92 Å². The van der Waals surface area contributed by atoms with Crippen LogP contribution in [0.1, 0.15) is 105 Å².